The van der Waals surface area contributed by atoms with Gasteiger partial charge in [-0.15, -0.1) is 0 Å². The van der Waals surface area contributed by atoms with Gasteiger partial charge >= 0.3 is 0 Å². The lowest BCUT2D eigenvalue weighted by molar-refractivity contribution is 0.572. The molecule has 1 aromatic rings. The summed E-state index contributed by atoms with van der Waals surface area (Å²) in [5, 5.41) is 8.96. The molecular weight excluding hydrogens is 262 g/mol. The number of rotatable bonds is 6. The number of hydrogen-bond donors (Lipinski definition) is 2. The minimum Gasteiger partial charge on any atom is -0.399 e. The summed E-state index contributed by atoms with van der Waals surface area (Å²) in [4.78, 5) is -0.00405. The Hall–Kier alpha value is -1.58. The molecule has 0 aromatic heterocycles. The fraction of sp³-hybridized carbons (Fsp3) is 0.462. The van der Waals surface area contributed by atoms with Crippen LogP contribution in [0, 0.1) is 17.2 Å². The molecule has 6 heteroatoms. The molecule has 0 aliphatic heterocycles. The maximum atomic E-state index is 12.1. The second-order valence-electron chi connectivity index (χ2n) is 4.85. The van der Waals surface area contributed by atoms with Gasteiger partial charge in [0.15, 0.2) is 0 Å². The van der Waals surface area contributed by atoms with Gasteiger partial charge in [0.2, 0.25) is 10.0 Å². The zero-order valence-corrected chi connectivity index (χ0v) is 11.4. The number of nitrogens with one attached hydrogen (secondary N) is 1. The lowest BCUT2D eigenvalue weighted by atomic mass is 10.2. The number of nitriles is 1. The zero-order chi connectivity index (χ0) is 13.9. The van der Waals surface area contributed by atoms with Gasteiger partial charge in [-0.25, -0.2) is 13.1 Å². The van der Waals surface area contributed by atoms with Gasteiger partial charge in [0.05, 0.1) is 10.5 Å². The molecular formula is C13H17N3O2S. The molecule has 0 heterocycles. The second-order valence-corrected chi connectivity index (χ2v) is 6.59. The average Bonchev–Trinajstić information content (AvgIpc) is 3.18. The molecule has 0 atom stereocenters. The number of nitrogens with two attached hydrogens (primary N) is 1. The van der Waals surface area contributed by atoms with Crippen molar-refractivity contribution < 1.29 is 8.42 Å². The molecule has 1 aliphatic carbocycles. The lowest BCUT2D eigenvalue weighted by Crippen LogP contribution is -2.25. The molecule has 19 heavy (non-hydrogen) atoms. The molecule has 0 spiro atoms. The minimum absolute atomic E-state index is 0.00405. The van der Waals surface area contributed by atoms with Crippen LogP contribution in [0.4, 0.5) is 5.69 Å². The van der Waals surface area contributed by atoms with E-state index in [1.807, 2.05) is 6.07 Å². The highest BCUT2D eigenvalue weighted by molar-refractivity contribution is 7.89. The quantitative estimate of drug-likeness (QED) is 0.610. The first-order chi connectivity index (χ1) is 9.03. The molecule has 0 saturated heterocycles. The Morgan fingerprint density at radius 1 is 1.42 bits per heavy atom. The standard InChI is InChI=1S/C13H17N3O2S/c14-9-11-8-12(15)5-6-13(11)19(17,18)16-7-1-2-10-3-4-10/h5-6,8,10,16H,1-4,7,15H2. The molecule has 0 amide bonds. The van der Waals surface area contributed by atoms with Crippen molar-refractivity contribution >= 4 is 15.7 Å². The highest BCUT2D eigenvalue weighted by atomic mass is 32.2. The molecule has 5 nitrogen and oxygen atoms in total. The van der Waals surface area contributed by atoms with Gasteiger partial charge in [-0.1, -0.05) is 12.8 Å². The van der Waals surface area contributed by atoms with Crippen LogP contribution in [0.5, 0.6) is 0 Å². The van der Waals surface area contributed by atoms with Crippen molar-refractivity contribution in [3.05, 3.63) is 23.8 Å². The number of nitrogen functional groups attached to an aromatic ring is 1. The third-order valence-corrected chi connectivity index (χ3v) is 4.71. The molecule has 1 aliphatic rings. The van der Waals surface area contributed by atoms with E-state index in [-0.39, 0.29) is 10.5 Å². The maximum absolute atomic E-state index is 12.1. The average molecular weight is 279 g/mol. The molecule has 2 rings (SSSR count). The van der Waals surface area contributed by atoms with Crippen molar-refractivity contribution in [1.82, 2.24) is 4.72 Å². The van der Waals surface area contributed by atoms with E-state index in [1.165, 1.54) is 31.0 Å². The van der Waals surface area contributed by atoms with Crippen LogP contribution in [0.15, 0.2) is 23.1 Å². The van der Waals surface area contributed by atoms with E-state index in [4.69, 9.17) is 11.0 Å². The molecule has 0 radical (unpaired) electrons. The SMILES string of the molecule is N#Cc1cc(N)ccc1S(=O)(=O)NCCCC1CC1. The second kappa shape index (κ2) is 5.59. The van der Waals surface area contributed by atoms with E-state index in [9.17, 15) is 8.42 Å². The molecule has 0 bridgehead atoms. The summed E-state index contributed by atoms with van der Waals surface area (Å²) in [7, 11) is -3.63. The Kier molecular flexibility index (Phi) is 4.08. The van der Waals surface area contributed by atoms with Gasteiger partial charge in [-0.2, -0.15) is 5.26 Å². The van der Waals surface area contributed by atoms with Crippen LogP contribution in [0.3, 0.4) is 0 Å². The largest absolute Gasteiger partial charge is 0.399 e. The van der Waals surface area contributed by atoms with Crippen molar-refractivity contribution in [3.8, 4) is 6.07 Å². The first-order valence-corrected chi connectivity index (χ1v) is 7.80. The van der Waals surface area contributed by atoms with Gasteiger partial charge < -0.3 is 5.73 Å². The lowest BCUT2D eigenvalue weighted by Gasteiger charge is -2.08. The highest BCUT2D eigenvalue weighted by Crippen LogP contribution is 2.33. The topological polar surface area (TPSA) is 96.0 Å². The van der Waals surface area contributed by atoms with Crippen LogP contribution in [0.2, 0.25) is 0 Å². The summed E-state index contributed by atoms with van der Waals surface area (Å²) in [5.74, 6) is 0.788. The number of anilines is 1. The van der Waals surface area contributed by atoms with Crippen LogP contribution < -0.4 is 10.5 Å². The Labute approximate surface area is 113 Å². The number of benzene rings is 1. The van der Waals surface area contributed by atoms with E-state index in [2.05, 4.69) is 4.72 Å². The van der Waals surface area contributed by atoms with Crippen molar-refractivity contribution in [2.24, 2.45) is 5.92 Å². The van der Waals surface area contributed by atoms with Crippen LogP contribution in [0.1, 0.15) is 31.2 Å². The van der Waals surface area contributed by atoms with E-state index >= 15 is 0 Å². The van der Waals surface area contributed by atoms with Gasteiger partial charge in [0.25, 0.3) is 0 Å². The van der Waals surface area contributed by atoms with Crippen LogP contribution >= 0.6 is 0 Å². The van der Waals surface area contributed by atoms with E-state index in [1.54, 1.807) is 0 Å². The summed E-state index contributed by atoms with van der Waals surface area (Å²) in [5.41, 5.74) is 6.00. The molecule has 102 valence electrons. The fourth-order valence-electron chi connectivity index (χ4n) is 1.95. The summed E-state index contributed by atoms with van der Waals surface area (Å²) in [6.07, 6.45) is 4.43. The molecule has 1 aromatic carbocycles. The monoisotopic (exact) mass is 279 g/mol. The van der Waals surface area contributed by atoms with Crippen LogP contribution in [-0.4, -0.2) is 15.0 Å². The van der Waals surface area contributed by atoms with E-state index < -0.39 is 10.0 Å². The van der Waals surface area contributed by atoms with E-state index in [0.717, 1.165) is 18.8 Å². The van der Waals surface area contributed by atoms with Crippen LogP contribution in [0.25, 0.3) is 0 Å². The summed E-state index contributed by atoms with van der Waals surface area (Å²) >= 11 is 0. The van der Waals surface area contributed by atoms with Crippen molar-refractivity contribution in [2.75, 3.05) is 12.3 Å². The third-order valence-electron chi connectivity index (χ3n) is 3.19. The summed E-state index contributed by atoms with van der Waals surface area (Å²) in [6, 6.07) is 6.09. The number of nitrogens with zero attached hydrogens (tertiary/aromatic N) is 1. The molecule has 0 unspecified atom stereocenters. The summed E-state index contributed by atoms with van der Waals surface area (Å²) in [6.45, 7) is 0.411. The molecule has 1 fully saturated rings. The van der Waals surface area contributed by atoms with Crippen molar-refractivity contribution in [1.29, 1.82) is 5.26 Å². The maximum Gasteiger partial charge on any atom is 0.241 e. The van der Waals surface area contributed by atoms with Crippen molar-refractivity contribution in [2.45, 2.75) is 30.6 Å². The zero-order valence-electron chi connectivity index (χ0n) is 10.6. The summed E-state index contributed by atoms with van der Waals surface area (Å²) < 4.78 is 26.7. The smallest absolute Gasteiger partial charge is 0.241 e. The predicted octanol–water partition coefficient (Wildman–Crippen LogP) is 1.61. The van der Waals surface area contributed by atoms with Gasteiger partial charge in [0.1, 0.15) is 6.07 Å². The fourth-order valence-corrected chi connectivity index (χ4v) is 3.16. The Bertz CT molecular complexity index is 601. The Morgan fingerprint density at radius 3 is 2.79 bits per heavy atom. The normalized spacial score (nSPS) is 15.1. The first kappa shape index (κ1) is 13.8. The first-order valence-electron chi connectivity index (χ1n) is 6.32. The Morgan fingerprint density at radius 2 is 2.16 bits per heavy atom. The van der Waals surface area contributed by atoms with Crippen LogP contribution in [-0.2, 0) is 10.0 Å². The number of hydrogen-bond acceptors (Lipinski definition) is 4. The van der Waals surface area contributed by atoms with E-state index in [0.29, 0.717) is 12.2 Å². The highest BCUT2D eigenvalue weighted by Gasteiger charge is 2.21. The van der Waals surface area contributed by atoms with Gasteiger partial charge in [0, 0.05) is 12.2 Å². The third kappa shape index (κ3) is 3.69. The number of sulfonamides is 1. The van der Waals surface area contributed by atoms with Crippen molar-refractivity contribution in [3.63, 3.8) is 0 Å². The molecule has 3 N–H and O–H groups in total. The van der Waals surface area contributed by atoms with Gasteiger partial charge in [-0.05, 0) is 37.0 Å². The molecule has 1 saturated carbocycles. The van der Waals surface area contributed by atoms with Gasteiger partial charge in [-0.3, -0.25) is 0 Å². The minimum atomic E-state index is -3.63. The predicted molar refractivity (Wildman–Crippen MR) is 72.7 cm³/mol. The Balaban J connectivity index is 2.03.